The van der Waals surface area contributed by atoms with Crippen molar-refractivity contribution in [3.05, 3.63) is 40.8 Å². The van der Waals surface area contributed by atoms with Crippen LogP contribution in [0.5, 0.6) is 0 Å². The van der Waals surface area contributed by atoms with E-state index in [9.17, 15) is 9.18 Å². The van der Waals surface area contributed by atoms with Crippen LogP contribution in [0.3, 0.4) is 0 Å². The number of halogens is 1. The first-order valence-electron chi connectivity index (χ1n) is 5.81. The number of carbonyl (C=O) groups excluding carboxylic acids is 1. The van der Waals surface area contributed by atoms with Crippen LogP contribution in [0.2, 0.25) is 0 Å². The van der Waals surface area contributed by atoms with Gasteiger partial charge in [0.05, 0.1) is 4.88 Å². The molecule has 2 heterocycles. The van der Waals surface area contributed by atoms with Gasteiger partial charge in [-0.3, -0.25) is 10.2 Å². The predicted molar refractivity (Wildman–Crippen MR) is 82.9 cm³/mol. The van der Waals surface area contributed by atoms with Crippen LogP contribution in [-0.4, -0.2) is 15.3 Å². The van der Waals surface area contributed by atoms with Crippen molar-refractivity contribution < 1.29 is 9.18 Å². The van der Waals surface area contributed by atoms with E-state index in [0.29, 0.717) is 21.6 Å². The third-order valence-electron chi connectivity index (χ3n) is 2.78. The topological polar surface area (TPSA) is 80.9 Å². The molecule has 0 bridgehead atoms. The van der Waals surface area contributed by atoms with Crippen LogP contribution in [0.4, 0.5) is 4.39 Å². The summed E-state index contributed by atoms with van der Waals surface area (Å²) in [5, 5.41) is 0.470. The van der Waals surface area contributed by atoms with Crippen LogP contribution in [0.1, 0.15) is 15.2 Å². The van der Waals surface area contributed by atoms with Gasteiger partial charge in [0.1, 0.15) is 12.1 Å². The number of nitrogen functional groups attached to an aromatic ring is 1. The van der Waals surface area contributed by atoms with Gasteiger partial charge in [0.2, 0.25) is 0 Å². The van der Waals surface area contributed by atoms with Crippen molar-refractivity contribution in [2.24, 2.45) is 5.84 Å². The van der Waals surface area contributed by atoms with Crippen molar-refractivity contribution in [1.29, 1.82) is 0 Å². The number of carbonyl (C=O) groups is 1. The fraction of sp³-hybridized carbons (Fsp3) is 0.0833. The zero-order chi connectivity index (χ0) is 14.8. The summed E-state index contributed by atoms with van der Waals surface area (Å²) in [4.78, 5) is 16.4. The van der Waals surface area contributed by atoms with E-state index in [-0.39, 0.29) is 5.82 Å². The lowest BCUT2D eigenvalue weighted by Gasteiger charge is -2.03. The van der Waals surface area contributed by atoms with Crippen molar-refractivity contribution in [2.75, 3.05) is 0 Å². The Bertz CT molecular complexity index is 787. The summed E-state index contributed by atoms with van der Waals surface area (Å²) in [7, 11) is 0. The lowest BCUT2D eigenvalue weighted by atomic mass is 10.1. The molecule has 0 saturated heterocycles. The Morgan fingerprint density at radius 3 is 3.05 bits per heavy atom. The maximum Gasteiger partial charge on any atom is 0.275 e. The molecule has 108 valence electrons. The van der Waals surface area contributed by atoms with Crippen molar-refractivity contribution in [2.45, 2.75) is 10.1 Å². The van der Waals surface area contributed by atoms with Gasteiger partial charge in [-0.1, -0.05) is 17.8 Å². The Balaban J connectivity index is 2.06. The van der Waals surface area contributed by atoms with Crippen LogP contribution in [0.15, 0.2) is 28.9 Å². The van der Waals surface area contributed by atoms with E-state index in [1.165, 1.54) is 47.0 Å². The number of nitrogens with one attached hydrogen (secondary N) is 1. The number of amides is 1. The monoisotopic (exact) mass is 340 g/mol. The Kier molecular flexibility index (Phi) is 4.15. The molecule has 0 aliphatic heterocycles. The van der Waals surface area contributed by atoms with Gasteiger partial charge >= 0.3 is 0 Å². The third kappa shape index (κ3) is 2.77. The van der Waals surface area contributed by atoms with E-state index in [1.54, 1.807) is 12.1 Å². The Hall–Kier alpha value is -1.55. The fourth-order valence-electron chi connectivity index (χ4n) is 1.91. The second-order valence-electron chi connectivity index (χ2n) is 3.99. The van der Waals surface area contributed by atoms with Crippen LogP contribution < -0.4 is 11.3 Å². The van der Waals surface area contributed by atoms with Gasteiger partial charge in [0, 0.05) is 15.8 Å². The Morgan fingerprint density at radius 2 is 2.33 bits per heavy atom. The standard InChI is InChI=1S/C12H9FN4OS3/c13-7-2-1-3-8-9(7)6(10(20-8)11(18)17-14)4-19-12-15-5-16-21-12/h1-3,5H,4,14H2,(H,17,18). The van der Waals surface area contributed by atoms with Gasteiger partial charge < -0.3 is 0 Å². The van der Waals surface area contributed by atoms with E-state index in [1.807, 2.05) is 0 Å². The summed E-state index contributed by atoms with van der Waals surface area (Å²) in [5.74, 6) is 4.89. The minimum Gasteiger partial charge on any atom is -0.289 e. The number of hydrazine groups is 1. The number of aromatic nitrogens is 2. The molecule has 0 fully saturated rings. The highest BCUT2D eigenvalue weighted by Crippen LogP contribution is 2.37. The first-order chi connectivity index (χ1) is 10.2. The molecule has 5 nitrogen and oxygen atoms in total. The van der Waals surface area contributed by atoms with E-state index in [4.69, 9.17) is 5.84 Å². The molecule has 3 rings (SSSR count). The normalized spacial score (nSPS) is 11.0. The second-order valence-corrected chi connectivity index (χ2v) is 7.05. The SMILES string of the molecule is NNC(=O)c1sc2cccc(F)c2c1CSc1ncns1. The van der Waals surface area contributed by atoms with Crippen molar-refractivity contribution >= 4 is 50.6 Å². The zero-order valence-corrected chi connectivity index (χ0v) is 12.9. The molecule has 0 aliphatic rings. The molecule has 0 saturated carbocycles. The highest BCUT2D eigenvalue weighted by Gasteiger charge is 2.20. The maximum atomic E-state index is 14.1. The van der Waals surface area contributed by atoms with Crippen molar-refractivity contribution in [1.82, 2.24) is 14.8 Å². The molecule has 3 aromatic rings. The second kappa shape index (κ2) is 6.06. The molecular formula is C12H9FN4OS3. The summed E-state index contributed by atoms with van der Waals surface area (Å²) < 4.78 is 19.5. The van der Waals surface area contributed by atoms with Crippen LogP contribution >= 0.6 is 34.6 Å². The number of fused-ring (bicyclic) bond motifs is 1. The average Bonchev–Trinajstić information content (AvgIpc) is 3.12. The molecule has 21 heavy (non-hydrogen) atoms. The van der Waals surface area contributed by atoms with Gasteiger partial charge in [0.25, 0.3) is 5.91 Å². The maximum absolute atomic E-state index is 14.1. The van der Waals surface area contributed by atoms with Crippen LogP contribution in [0.25, 0.3) is 10.1 Å². The van der Waals surface area contributed by atoms with E-state index >= 15 is 0 Å². The lowest BCUT2D eigenvalue weighted by molar-refractivity contribution is 0.0957. The number of hydrogen-bond donors (Lipinski definition) is 2. The number of thiophene rings is 1. The number of nitrogens with two attached hydrogens (primary N) is 1. The first kappa shape index (κ1) is 14.4. The number of hydrogen-bond acceptors (Lipinski definition) is 7. The molecule has 0 unspecified atom stereocenters. The molecule has 0 aliphatic carbocycles. The highest BCUT2D eigenvalue weighted by molar-refractivity contribution is 8.00. The molecule has 9 heteroatoms. The molecule has 2 aromatic heterocycles. The molecule has 0 atom stereocenters. The molecule has 1 amide bonds. The molecule has 0 radical (unpaired) electrons. The smallest absolute Gasteiger partial charge is 0.275 e. The lowest BCUT2D eigenvalue weighted by Crippen LogP contribution is -2.29. The van der Waals surface area contributed by atoms with Gasteiger partial charge in [-0.05, 0) is 29.2 Å². The minimum absolute atomic E-state index is 0.340. The Morgan fingerprint density at radius 1 is 1.48 bits per heavy atom. The van der Waals surface area contributed by atoms with Gasteiger partial charge in [-0.2, -0.15) is 4.37 Å². The van der Waals surface area contributed by atoms with Crippen LogP contribution in [0, 0.1) is 5.82 Å². The van der Waals surface area contributed by atoms with E-state index in [2.05, 4.69) is 14.8 Å². The van der Waals surface area contributed by atoms with E-state index < -0.39 is 5.91 Å². The average molecular weight is 340 g/mol. The summed E-state index contributed by atoms with van der Waals surface area (Å²) >= 11 is 3.91. The first-order valence-corrected chi connectivity index (χ1v) is 8.38. The van der Waals surface area contributed by atoms with Crippen molar-refractivity contribution in [3.63, 3.8) is 0 Å². The van der Waals surface area contributed by atoms with Gasteiger partial charge in [0.15, 0.2) is 4.34 Å². The number of benzene rings is 1. The minimum atomic E-state index is -0.413. The quantitative estimate of drug-likeness (QED) is 0.330. The highest BCUT2D eigenvalue weighted by atomic mass is 32.2. The molecule has 0 spiro atoms. The fourth-order valence-corrected chi connectivity index (χ4v) is 4.62. The Labute approximate surface area is 131 Å². The van der Waals surface area contributed by atoms with Gasteiger partial charge in [-0.25, -0.2) is 15.2 Å². The van der Waals surface area contributed by atoms with Gasteiger partial charge in [-0.15, -0.1) is 11.3 Å². The summed E-state index contributed by atoms with van der Waals surface area (Å²) in [6, 6.07) is 4.80. The summed E-state index contributed by atoms with van der Waals surface area (Å²) in [6.45, 7) is 0. The molecule has 3 N–H and O–H groups in total. The number of nitrogens with zero attached hydrogens (tertiary/aromatic N) is 2. The summed E-state index contributed by atoms with van der Waals surface area (Å²) in [6.07, 6.45) is 1.47. The predicted octanol–water partition coefficient (Wildman–Crippen LogP) is 2.79. The number of thioether (sulfide) groups is 1. The summed E-state index contributed by atoms with van der Waals surface area (Å²) in [5.41, 5.74) is 2.75. The molecular weight excluding hydrogens is 331 g/mol. The molecule has 1 aromatic carbocycles. The van der Waals surface area contributed by atoms with E-state index in [0.717, 1.165) is 9.04 Å². The largest absolute Gasteiger partial charge is 0.289 e. The van der Waals surface area contributed by atoms with Crippen LogP contribution in [-0.2, 0) is 5.75 Å². The van der Waals surface area contributed by atoms with Crippen molar-refractivity contribution in [3.8, 4) is 0 Å². The zero-order valence-electron chi connectivity index (χ0n) is 10.5. The number of rotatable bonds is 4. The third-order valence-corrected chi connectivity index (χ3v) is 5.80.